The van der Waals surface area contributed by atoms with Crippen molar-refractivity contribution < 1.29 is 13.2 Å². The largest absolute Gasteiger partial charge is 0.309 e. The molecule has 180 valence electrons. The van der Waals surface area contributed by atoms with Gasteiger partial charge in [-0.3, -0.25) is 9.48 Å². The third kappa shape index (κ3) is 6.20. The molecule has 1 fully saturated rings. The molecule has 6 nitrogen and oxygen atoms in total. The number of halogens is 2. The van der Waals surface area contributed by atoms with Crippen molar-refractivity contribution >= 4 is 44.8 Å². The number of nitrogens with one attached hydrogen (secondary N) is 1. The molecule has 0 spiro atoms. The lowest BCUT2D eigenvalue weighted by Gasteiger charge is -2.21. The number of nitrogens with zero attached hydrogens (tertiary/aromatic N) is 2. The van der Waals surface area contributed by atoms with Crippen LogP contribution in [0.15, 0.2) is 59.6 Å². The van der Waals surface area contributed by atoms with E-state index in [9.17, 15) is 13.2 Å². The van der Waals surface area contributed by atoms with Crippen LogP contribution >= 0.6 is 23.2 Å². The topological polar surface area (TPSA) is 81.1 Å². The smallest absolute Gasteiger partial charge is 0.233 e. The van der Waals surface area contributed by atoms with Crippen molar-refractivity contribution in [1.82, 2.24) is 9.78 Å². The average Bonchev–Trinajstić information content (AvgIpc) is 3.44. The molecule has 1 N–H and O–H groups in total. The van der Waals surface area contributed by atoms with Gasteiger partial charge in [0.1, 0.15) is 0 Å². The highest BCUT2D eigenvalue weighted by atomic mass is 35.5. The Morgan fingerprint density at radius 3 is 2.47 bits per heavy atom. The third-order valence-corrected chi connectivity index (χ3v) is 8.10. The summed E-state index contributed by atoms with van der Waals surface area (Å²) in [4.78, 5) is 13.4. The second-order valence-corrected chi connectivity index (χ2v) is 11.7. The molecule has 3 aromatic rings. The maximum Gasteiger partial charge on any atom is 0.233 e. The van der Waals surface area contributed by atoms with Gasteiger partial charge in [-0.1, -0.05) is 67.1 Å². The maximum absolute atomic E-state index is 13.4. The number of amides is 1. The van der Waals surface area contributed by atoms with Crippen LogP contribution in [0.1, 0.15) is 49.1 Å². The molecule has 1 aliphatic carbocycles. The first-order chi connectivity index (χ1) is 16.2. The summed E-state index contributed by atoms with van der Waals surface area (Å²) in [5, 5.41) is 8.24. The molecule has 9 heteroatoms. The van der Waals surface area contributed by atoms with Crippen LogP contribution in [0.3, 0.4) is 0 Å². The van der Waals surface area contributed by atoms with E-state index in [2.05, 4.69) is 10.4 Å². The van der Waals surface area contributed by atoms with Crippen molar-refractivity contribution in [3.05, 3.63) is 75.9 Å². The van der Waals surface area contributed by atoms with Gasteiger partial charge in [0.15, 0.2) is 15.7 Å². The van der Waals surface area contributed by atoms with Crippen molar-refractivity contribution in [2.45, 2.75) is 49.5 Å². The summed E-state index contributed by atoms with van der Waals surface area (Å²) in [6.07, 6.45) is 8.14. The van der Waals surface area contributed by atoms with Crippen LogP contribution in [-0.4, -0.2) is 30.4 Å². The van der Waals surface area contributed by atoms with Crippen molar-refractivity contribution in [2.24, 2.45) is 5.92 Å². The molecule has 1 amide bonds. The number of carbonyl (C=O) groups is 1. The van der Waals surface area contributed by atoms with Crippen molar-refractivity contribution in [3.63, 3.8) is 0 Å². The summed E-state index contributed by atoms with van der Waals surface area (Å²) >= 11 is 12.2. The first-order valence-electron chi connectivity index (χ1n) is 11.3. The number of rotatable bonds is 8. The number of hydrogen-bond acceptors (Lipinski definition) is 4. The maximum atomic E-state index is 13.4. The van der Waals surface area contributed by atoms with Crippen LogP contribution in [0.5, 0.6) is 0 Å². The zero-order valence-corrected chi connectivity index (χ0v) is 21.2. The van der Waals surface area contributed by atoms with E-state index in [-0.39, 0.29) is 15.8 Å². The Kier molecular flexibility index (Phi) is 7.65. The molecule has 0 unspecified atom stereocenters. The summed E-state index contributed by atoms with van der Waals surface area (Å²) < 4.78 is 25.7. The van der Waals surface area contributed by atoms with Gasteiger partial charge >= 0.3 is 0 Å². The van der Waals surface area contributed by atoms with E-state index in [0.29, 0.717) is 35.3 Å². The molecule has 1 saturated carbocycles. The van der Waals surface area contributed by atoms with Crippen LogP contribution in [0.2, 0.25) is 10.0 Å². The normalized spacial score (nSPS) is 15.4. The van der Waals surface area contributed by atoms with Crippen molar-refractivity contribution in [2.75, 3.05) is 11.6 Å². The highest BCUT2D eigenvalue weighted by Gasteiger charge is 2.28. The fraction of sp³-hybridized carbons (Fsp3) is 0.360. The van der Waals surface area contributed by atoms with Crippen LogP contribution in [0, 0.1) is 5.92 Å². The molecule has 1 aliphatic rings. The molecule has 0 saturated heterocycles. The molecule has 4 rings (SSSR count). The highest BCUT2D eigenvalue weighted by molar-refractivity contribution is 7.90. The van der Waals surface area contributed by atoms with Gasteiger partial charge in [0.25, 0.3) is 0 Å². The van der Waals surface area contributed by atoms with Gasteiger partial charge in [-0.2, -0.15) is 5.10 Å². The number of carbonyl (C=O) groups excluding carboxylic acids is 1. The van der Waals surface area contributed by atoms with Gasteiger partial charge in [-0.25, -0.2) is 8.42 Å². The Labute approximate surface area is 210 Å². The molecule has 1 aromatic heterocycles. The molecule has 1 heterocycles. The Morgan fingerprint density at radius 1 is 1.12 bits per heavy atom. The Hall–Kier alpha value is -2.35. The van der Waals surface area contributed by atoms with Crippen LogP contribution in [0.25, 0.3) is 0 Å². The lowest BCUT2D eigenvalue weighted by molar-refractivity contribution is -0.118. The summed E-state index contributed by atoms with van der Waals surface area (Å²) in [5.41, 5.74) is 1.76. The number of anilines is 1. The minimum atomic E-state index is -3.45. The number of aromatic nitrogens is 2. The van der Waals surface area contributed by atoms with E-state index in [1.165, 1.54) is 18.9 Å². The number of sulfone groups is 1. The van der Waals surface area contributed by atoms with Gasteiger partial charge in [0, 0.05) is 23.5 Å². The zero-order valence-electron chi connectivity index (χ0n) is 18.9. The second kappa shape index (κ2) is 10.5. The first-order valence-corrected chi connectivity index (χ1v) is 13.9. The molecular weight excluding hydrogens is 493 g/mol. The Morgan fingerprint density at radius 2 is 1.82 bits per heavy atom. The fourth-order valence-corrected chi connectivity index (χ4v) is 5.98. The Bertz CT molecular complexity index is 1270. The second-order valence-electron chi connectivity index (χ2n) is 8.92. The highest BCUT2D eigenvalue weighted by Crippen LogP contribution is 2.36. The molecule has 34 heavy (non-hydrogen) atoms. The Balaban J connectivity index is 1.52. The minimum absolute atomic E-state index is 0.0684. The predicted octanol–water partition coefficient (Wildman–Crippen LogP) is 5.94. The number of benzene rings is 2. The van der Waals surface area contributed by atoms with Gasteiger partial charge in [-0.05, 0) is 47.7 Å². The van der Waals surface area contributed by atoms with Crippen molar-refractivity contribution in [1.29, 1.82) is 0 Å². The van der Waals surface area contributed by atoms with Gasteiger partial charge < -0.3 is 5.32 Å². The van der Waals surface area contributed by atoms with Gasteiger partial charge in [-0.15, -0.1) is 0 Å². The monoisotopic (exact) mass is 519 g/mol. The molecule has 1 atom stereocenters. The van der Waals surface area contributed by atoms with Gasteiger partial charge in [0.2, 0.25) is 5.91 Å². The standard InChI is InChI=1S/C25H27Cl2N3O3S/c1-34(32,33)23-11-8-19(15-22(23)27)21(14-17-4-2-3-5-17)25(31)28-24-12-13-30(29-24)16-18-6-9-20(26)10-7-18/h6-13,15,17,21H,2-5,14,16H2,1H3,(H,28,29,31)/t21-/m1/s1. The third-order valence-electron chi connectivity index (χ3n) is 6.27. The quantitative estimate of drug-likeness (QED) is 0.398. The predicted molar refractivity (Wildman–Crippen MR) is 135 cm³/mol. The molecular formula is C25H27Cl2N3O3S. The molecule has 0 bridgehead atoms. The van der Waals surface area contributed by atoms with E-state index in [0.717, 1.165) is 24.7 Å². The van der Waals surface area contributed by atoms with E-state index in [4.69, 9.17) is 23.2 Å². The lowest BCUT2D eigenvalue weighted by Crippen LogP contribution is -2.23. The van der Waals surface area contributed by atoms with Crippen LogP contribution in [0.4, 0.5) is 5.82 Å². The number of hydrogen-bond donors (Lipinski definition) is 1. The lowest BCUT2D eigenvalue weighted by atomic mass is 9.87. The van der Waals surface area contributed by atoms with E-state index < -0.39 is 15.8 Å². The molecule has 0 radical (unpaired) electrons. The summed E-state index contributed by atoms with van der Waals surface area (Å²) in [6, 6.07) is 14.1. The summed E-state index contributed by atoms with van der Waals surface area (Å²) in [7, 11) is -3.45. The zero-order chi connectivity index (χ0) is 24.3. The van der Waals surface area contributed by atoms with E-state index >= 15 is 0 Å². The average molecular weight is 520 g/mol. The van der Waals surface area contributed by atoms with Crippen molar-refractivity contribution in [3.8, 4) is 0 Å². The van der Waals surface area contributed by atoms with Gasteiger partial charge in [0.05, 0.1) is 22.4 Å². The van der Waals surface area contributed by atoms with Crippen LogP contribution in [-0.2, 0) is 21.2 Å². The van der Waals surface area contributed by atoms with E-state index in [1.54, 1.807) is 22.9 Å². The summed E-state index contributed by atoms with van der Waals surface area (Å²) in [5.74, 6) is 0.295. The van der Waals surface area contributed by atoms with Crippen LogP contribution < -0.4 is 5.32 Å². The molecule has 0 aliphatic heterocycles. The molecule has 2 aromatic carbocycles. The minimum Gasteiger partial charge on any atom is -0.309 e. The fourth-order valence-electron chi connectivity index (χ4n) is 4.52. The van der Waals surface area contributed by atoms with E-state index in [1.807, 2.05) is 30.5 Å². The SMILES string of the molecule is CS(=O)(=O)c1ccc([C@@H](CC2CCCC2)C(=O)Nc2ccn(Cc3ccc(Cl)cc3)n2)cc1Cl. The summed E-state index contributed by atoms with van der Waals surface area (Å²) in [6.45, 7) is 0.557. The first kappa shape index (κ1) is 24.8.